The molecule has 1 unspecified atom stereocenters. The topological polar surface area (TPSA) is 60.3 Å². The monoisotopic (exact) mass is 450 g/mol. The first-order chi connectivity index (χ1) is 15.6. The van der Waals surface area contributed by atoms with E-state index in [1.165, 1.54) is 30.2 Å². The van der Waals surface area contributed by atoms with Gasteiger partial charge in [-0.05, 0) is 63.1 Å². The molecule has 2 aromatic carbocycles. The largest absolute Gasteiger partial charge is 0.497 e. The van der Waals surface area contributed by atoms with E-state index in [1.807, 2.05) is 40.7 Å². The maximum absolute atomic E-state index is 13.1. The predicted molar refractivity (Wildman–Crippen MR) is 128 cm³/mol. The summed E-state index contributed by atoms with van der Waals surface area (Å²) in [5.41, 5.74) is 3.10. The first-order valence-corrected chi connectivity index (χ1v) is 12.1. The van der Waals surface area contributed by atoms with Gasteiger partial charge in [-0.1, -0.05) is 42.3 Å². The van der Waals surface area contributed by atoms with Crippen molar-refractivity contribution in [2.75, 3.05) is 20.2 Å². The predicted octanol–water partition coefficient (Wildman–Crippen LogP) is 5.13. The van der Waals surface area contributed by atoms with Crippen LogP contribution in [-0.2, 0) is 4.79 Å². The molecule has 1 saturated heterocycles. The Morgan fingerprint density at radius 1 is 0.969 bits per heavy atom. The molecular weight excluding hydrogens is 420 g/mol. The smallest absolute Gasteiger partial charge is 0.235 e. The van der Waals surface area contributed by atoms with E-state index in [4.69, 9.17) is 4.74 Å². The number of rotatable bonds is 6. The molecule has 0 bridgehead atoms. The van der Waals surface area contributed by atoms with Crippen LogP contribution in [-0.4, -0.2) is 51.0 Å². The summed E-state index contributed by atoms with van der Waals surface area (Å²) in [7, 11) is 1.65. The first-order valence-electron chi connectivity index (χ1n) is 11.2. The molecule has 0 saturated carbocycles. The number of hydrogen-bond acceptors (Lipinski definition) is 5. The van der Waals surface area contributed by atoms with Crippen LogP contribution < -0.4 is 4.74 Å². The van der Waals surface area contributed by atoms with Crippen molar-refractivity contribution in [3.05, 3.63) is 54.1 Å². The molecule has 3 aromatic rings. The van der Waals surface area contributed by atoms with Crippen molar-refractivity contribution in [1.29, 1.82) is 0 Å². The molecule has 6 nitrogen and oxygen atoms in total. The second kappa shape index (κ2) is 10.2. The molecule has 2 heterocycles. The molecule has 0 spiro atoms. The number of aryl methyl sites for hydroxylation is 1. The highest BCUT2D eigenvalue weighted by Gasteiger charge is 2.26. The summed E-state index contributed by atoms with van der Waals surface area (Å²) >= 11 is 1.47. The number of carbonyl (C=O) groups excluding carboxylic acids is 1. The maximum Gasteiger partial charge on any atom is 0.235 e. The minimum atomic E-state index is -0.231. The lowest BCUT2D eigenvalue weighted by molar-refractivity contribution is -0.130. The molecule has 1 atom stereocenters. The average molecular weight is 451 g/mol. The van der Waals surface area contributed by atoms with Crippen molar-refractivity contribution in [2.45, 2.75) is 49.9 Å². The van der Waals surface area contributed by atoms with Gasteiger partial charge in [0.05, 0.1) is 12.4 Å². The number of amides is 1. The molecule has 1 amide bonds. The SMILES string of the molecule is COc1ccc(-c2nnc(SC(C)C(=O)N3CCCCCC3)n2-c2ccc(C)cc2)cc1. The van der Waals surface area contributed by atoms with Gasteiger partial charge in [-0.2, -0.15) is 0 Å². The van der Waals surface area contributed by atoms with E-state index in [0.29, 0.717) is 0 Å². The third kappa shape index (κ3) is 4.99. The number of hydrogen-bond donors (Lipinski definition) is 0. The molecule has 32 heavy (non-hydrogen) atoms. The van der Waals surface area contributed by atoms with Crippen LogP contribution in [0.5, 0.6) is 5.75 Å². The zero-order chi connectivity index (χ0) is 22.5. The normalized spacial score (nSPS) is 15.3. The van der Waals surface area contributed by atoms with Gasteiger partial charge in [0.2, 0.25) is 5.91 Å². The van der Waals surface area contributed by atoms with Crippen LogP contribution in [0.15, 0.2) is 53.7 Å². The van der Waals surface area contributed by atoms with Gasteiger partial charge in [0.1, 0.15) is 5.75 Å². The molecule has 7 heteroatoms. The van der Waals surface area contributed by atoms with Crippen LogP contribution in [0, 0.1) is 6.92 Å². The van der Waals surface area contributed by atoms with E-state index in [-0.39, 0.29) is 11.2 Å². The number of thioether (sulfide) groups is 1. The Kier molecular flexibility index (Phi) is 7.15. The second-order valence-electron chi connectivity index (χ2n) is 8.21. The summed E-state index contributed by atoms with van der Waals surface area (Å²) in [6.07, 6.45) is 4.59. The van der Waals surface area contributed by atoms with Gasteiger partial charge >= 0.3 is 0 Å². The molecule has 0 N–H and O–H groups in total. The summed E-state index contributed by atoms with van der Waals surface area (Å²) in [5, 5.41) is 9.49. The van der Waals surface area contributed by atoms with Crippen molar-refractivity contribution >= 4 is 17.7 Å². The van der Waals surface area contributed by atoms with Crippen molar-refractivity contribution < 1.29 is 9.53 Å². The quantitative estimate of drug-likeness (QED) is 0.487. The fourth-order valence-corrected chi connectivity index (χ4v) is 4.91. The fourth-order valence-electron chi connectivity index (χ4n) is 3.96. The van der Waals surface area contributed by atoms with Gasteiger partial charge in [0.15, 0.2) is 11.0 Å². The number of benzene rings is 2. The van der Waals surface area contributed by atoms with Gasteiger partial charge in [0, 0.05) is 24.3 Å². The first kappa shape index (κ1) is 22.4. The van der Waals surface area contributed by atoms with Crippen molar-refractivity contribution in [3.8, 4) is 22.8 Å². The lowest BCUT2D eigenvalue weighted by atomic mass is 10.2. The van der Waals surface area contributed by atoms with Crippen LogP contribution in [0.3, 0.4) is 0 Å². The maximum atomic E-state index is 13.1. The molecule has 4 rings (SSSR count). The van der Waals surface area contributed by atoms with Crippen molar-refractivity contribution in [3.63, 3.8) is 0 Å². The Morgan fingerprint density at radius 3 is 2.25 bits per heavy atom. The van der Waals surface area contributed by atoms with Gasteiger partial charge in [-0.3, -0.25) is 9.36 Å². The van der Waals surface area contributed by atoms with E-state index in [2.05, 4.69) is 41.4 Å². The molecule has 0 radical (unpaired) electrons. The van der Waals surface area contributed by atoms with Gasteiger partial charge in [-0.15, -0.1) is 10.2 Å². The molecule has 1 fully saturated rings. The fraction of sp³-hybridized carbons (Fsp3) is 0.400. The Labute approximate surface area is 194 Å². The third-order valence-corrected chi connectivity index (χ3v) is 6.85. The Morgan fingerprint density at radius 2 is 1.62 bits per heavy atom. The number of methoxy groups -OCH3 is 1. The lowest BCUT2D eigenvalue weighted by Gasteiger charge is -2.23. The van der Waals surface area contributed by atoms with E-state index >= 15 is 0 Å². The minimum absolute atomic E-state index is 0.182. The van der Waals surface area contributed by atoms with Crippen LogP contribution in [0.4, 0.5) is 0 Å². The summed E-state index contributed by atoms with van der Waals surface area (Å²) < 4.78 is 7.33. The molecule has 1 aliphatic heterocycles. The Bertz CT molecular complexity index is 1040. The lowest BCUT2D eigenvalue weighted by Crippen LogP contribution is -2.37. The molecule has 0 aliphatic carbocycles. The zero-order valence-electron chi connectivity index (χ0n) is 19.0. The van der Waals surface area contributed by atoms with Crippen LogP contribution in [0.2, 0.25) is 0 Å². The Hall–Kier alpha value is -2.80. The van der Waals surface area contributed by atoms with Crippen molar-refractivity contribution in [1.82, 2.24) is 19.7 Å². The van der Waals surface area contributed by atoms with Gasteiger partial charge in [0.25, 0.3) is 0 Å². The highest BCUT2D eigenvalue weighted by molar-refractivity contribution is 8.00. The van der Waals surface area contributed by atoms with Crippen LogP contribution in [0.1, 0.15) is 38.2 Å². The molecule has 1 aromatic heterocycles. The molecule has 168 valence electrons. The van der Waals surface area contributed by atoms with Crippen LogP contribution in [0.25, 0.3) is 17.1 Å². The zero-order valence-corrected chi connectivity index (χ0v) is 19.8. The highest BCUT2D eigenvalue weighted by atomic mass is 32.2. The standard InChI is InChI=1S/C25H30N4O2S/c1-18-8-12-21(13-9-18)29-23(20-10-14-22(31-3)15-11-20)26-27-25(29)32-19(2)24(30)28-16-6-4-5-7-17-28/h8-15,19H,4-7,16-17H2,1-3H3. The second-order valence-corrected chi connectivity index (χ2v) is 9.51. The average Bonchev–Trinajstić information content (AvgIpc) is 3.04. The minimum Gasteiger partial charge on any atom is -0.497 e. The van der Waals surface area contributed by atoms with Gasteiger partial charge in [-0.25, -0.2) is 0 Å². The van der Waals surface area contributed by atoms with Gasteiger partial charge < -0.3 is 9.64 Å². The van der Waals surface area contributed by atoms with E-state index in [0.717, 1.165) is 53.9 Å². The summed E-state index contributed by atoms with van der Waals surface area (Å²) in [6.45, 7) is 5.74. The van der Waals surface area contributed by atoms with Crippen LogP contribution >= 0.6 is 11.8 Å². The highest BCUT2D eigenvalue weighted by Crippen LogP contribution is 2.31. The molecule has 1 aliphatic rings. The number of aromatic nitrogens is 3. The number of nitrogens with zero attached hydrogens (tertiary/aromatic N) is 4. The summed E-state index contributed by atoms with van der Waals surface area (Å²) in [4.78, 5) is 15.1. The van der Waals surface area contributed by atoms with Crippen molar-refractivity contribution in [2.24, 2.45) is 0 Å². The number of likely N-dealkylation sites (tertiary alicyclic amines) is 1. The van der Waals surface area contributed by atoms with E-state index in [1.54, 1.807) is 7.11 Å². The molecular formula is C25H30N4O2S. The third-order valence-electron chi connectivity index (χ3n) is 5.82. The van der Waals surface area contributed by atoms with E-state index in [9.17, 15) is 4.79 Å². The Balaban J connectivity index is 1.66. The van der Waals surface area contributed by atoms with E-state index < -0.39 is 0 Å². The number of ether oxygens (including phenoxy) is 1. The summed E-state index contributed by atoms with van der Waals surface area (Å²) in [6, 6.07) is 16.1. The number of carbonyl (C=O) groups is 1. The summed E-state index contributed by atoms with van der Waals surface area (Å²) in [5.74, 6) is 1.72.